The molecule has 1 heterocycles. The van der Waals surface area contributed by atoms with Crippen LogP contribution in [0.15, 0.2) is 11.6 Å². The van der Waals surface area contributed by atoms with Crippen LogP contribution in [-0.2, 0) is 6.54 Å². The highest BCUT2D eigenvalue weighted by Crippen LogP contribution is 2.25. The number of thiazole rings is 1. The second-order valence-electron chi connectivity index (χ2n) is 4.85. The molecule has 1 N–H and O–H groups in total. The van der Waals surface area contributed by atoms with Gasteiger partial charge in [0.05, 0.1) is 0 Å². The maximum absolute atomic E-state index is 4.31. The van der Waals surface area contributed by atoms with Crippen LogP contribution in [-0.4, -0.2) is 11.0 Å². The van der Waals surface area contributed by atoms with E-state index in [1.54, 1.807) is 11.3 Å². The van der Waals surface area contributed by atoms with Crippen LogP contribution in [0.3, 0.4) is 0 Å². The first-order valence-corrected chi connectivity index (χ1v) is 7.36. The Morgan fingerprint density at radius 3 is 2.75 bits per heavy atom. The highest BCUT2D eigenvalue weighted by molar-refractivity contribution is 7.09. The zero-order valence-corrected chi connectivity index (χ0v) is 10.9. The molecule has 0 saturated heterocycles. The van der Waals surface area contributed by atoms with E-state index in [0.29, 0.717) is 6.04 Å². The molecule has 1 fully saturated rings. The van der Waals surface area contributed by atoms with E-state index in [2.05, 4.69) is 17.2 Å². The average Bonchev–Trinajstić information content (AvgIpc) is 2.66. The summed E-state index contributed by atoms with van der Waals surface area (Å²) in [6.45, 7) is 3.28. The minimum absolute atomic E-state index is 0.641. The molecule has 1 atom stereocenters. The monoisotopic (exact) mass is 238 g/mol. The third-order valence-corrected chi connectivity index (χ3v) is 4.45. The lowest BCUT2D eigenvalue weighted by molar-refractivity contribution is 0.336. The van der Waals surface area contributed by atoms with Crippen LogP contribution in [0.1, 0.15) is 50.5 Å². The zero-order valence-electron chi connectivity index (χ0n) is 10.1. The van der Waals surface area contributed by atoms with Crippen molar-refractivity contribution in [2.75, 3.05) is 0 Å². The molecule has 0 radical (unpaired) electrons. The van der Waals surface area contributed by atoms with Crippen molar-refractivity contribution in [3.63, 3.8) is 0 Å². The maximum atomic E-state index is 4.31. The second kappa shape index (κ2) is 6.36. The van der Waals surface area contributed by atoms with Crippen molar-refractivity contribution in [3.8, 4) is 0 Å². The van der Waals surface area contributed by atoms with E-state index >= 15 is 0 Å². The lowest BCUT2D eigenvalue weighted by Gasteiger charge is -2.23. The van der Waals surface area contributed by atoms with Gasteiger partial charge in [-0.15, -0.1) is 11.3 Å². The van der Waals surface area contributed by atoms with Gasteiger partial charge in [-0.25, -0.2) is 4.98 Å². The van der Waals surface area contributed by atoms with Gasteiger partial charge in [-0.2, -0.15) is 0 Å². The number of hydrogen-bond acceptors (Lipinski definition) is 3. The number of aromatic nitrogens is 1. The van der Waals surface area contributed by atoms with Crippen molar-refractivity contribution in [1.82, 2.24) is 10.3 Å². The van der Waals surface area contributed by atoms with E-state index in [9.17, 15) is 0 Å². The Morgan fingerprint density at radius 2 is 2.12 bits per heavy atom. The largest absolute Gasteiger partial charge is 0.308 e. The summed E-state index contributed by atoms with van der Waals surface area (Å²) < 4.78 is 0. The molecule has 0 aromatic carbocycles. The van der Waals surface area contributed by atoms with Gasteiger partial charge in [-0.3, -0.25) is 0 Å². The molecule has 1 aromatic heterocycles. The van der Waals surface area contributed by atoms with Gasteiger partial charge in [0.2, 0.25) is 0 Å². The van der Waals surface area contributed by atoms with Crippen LogP contribution >= 0.6 is 11.3 Å². The normalized spacial score (nSPS) is 20.6. The van der Waals surface area contributed by atoms with Gasteiger partial charge in [0, 0.05) is 24.2 Å². The fraction of sp³-hybridized carbons (Fsp3) is 0.769. The van der Waals surface area contributed by atoms with E-state index in [0.717, 1.165) is 12.5 Å². The van der Waals surface area contributed by atoms with Crippen molar-refractivity contribution in [2.45, 2.75) is 58.0 Å². The predicted octanol–water partition coefficient (Wildman–Crippen LogP) is 3.59. The van der Waals surface area contributed by atoms with Crippen molar-refractivity contribution in [3.05, 3.63) is 16.6 Å². The van der Waals surface area contributed by atoms with Gasteiger partial charge in [0.25, 0.3) is 0 Å². The van der Waals surface area contributed by atoms with Crippen molar-refractivity contribution >= 4 is 11.3 Å². The van der Waals surface area contributed by atoms with Crippen molar-refractivity contribution in [2.24, 2.45) is 5.92 Å². The Kier molecular flexibility index (Phi) is 4.79. The molecule has 2 rings (SSSR count). The molecule has 0 bridgehead atoms. The lowest BCUT2D eigenvalue weighted by atomic mass is 9.93. The second-order valence-corrected chi connectivity index (χ2v) is 5.83. The van der Waals surface area contributed by atoms with Gasteiger partial charge in [-0.05, 0) is 25.7 Å². The molecule has 0 aliphatic heterocycles. The van der Waals surface area contributed by atoms with Crippen LogP contribution in [0.5, 0.6) is 0 Å². The summed E-state index contributed by atoms with van der Waals surface area (Å²) in [6.07, 6.45) is 10.4. The third kappa shape index (κ3) is 3.56. The van der Waals surface area contributed by atoms with E-state index in [4.69, 9.17) is 0 Å². The fourth-order valence-corrected chi connectivity index (χ4v) is 3.13. The topological polar surface area (TPSA) is 24.9 Å². The predicted molar refractivity (Wildman–Crippen MR) is 69.6 cm³/mol. The van der Waals surface area contributed by atoms with Crippen LogP contribution in [0.4, 0.5) is 0 Å². The number of hydrogen-bond donors (Lipinski definition) is 1. The van der Waals surface area contributed by atoms with Crippen molar-refractivity contribution in [1.29, 1.82) is 0 Å². The van der Waals surface area contributed by atoms with Crippen molar-refractivity contribution < 1.29 is 0 Å². The molecule has 1 aliphatic carbocycles. The molecule has 1 aliphatic rings. The first-order valence-electron chi connectivity index (χ1n) is 6.48. The molecule has 1 saturated carbocycles. The third-order valence-electron chi connectivity index (χ3n) is 3.67. The summed E-state index contributed by atoms with van der Waals surface area (Å²) in [5.41, 5.74) is 0. The summed E-state index contributed by atoms with van der Waals surface area (Å²) in [4.78, 5) is 4.31. The molecule has 90 valence electrons. The summed E-state index contributed by atoms with van der Waals surface area (Å²) in [5, 5.41) is 6.89. The Bertz CT molecular complexity index is 276. The van der Waals surface area contributed by atoms with Crippen LogP contribution in [0.25, 0.3) is 0 Å². The first kappa shape index (κ1) is 12.1. The maximum Gasteiger partial charge on any atom is 0.106 e. The quantitative estimate of drug-likeness (QED) is 0.811. The molecular formula is C13H22N2S. The smallest absolute Gasteiger partial charge is 0.106 e. The molecule has 0 amide bonds. The molecule has 0 spiro atoms. The SMILES string of the molecule is C[C@@H](NCc1nccs1)C1CCCCCC1. The molecule has 2 nitrogen and oxygen atoms in total. The Morgan fingerprint density at radius 1 is 1.38 bits per heavy atom. The summed E-state index contributed by atoms with van der Waals surface area (Å²) in [7, 11) is 0. The van der Waals surface area contributed by atoms with Crippen LogP contribution in [0, 0.1) is 5.92 Å². The van der Waals surface area contributed by atoms with E-state index < -0.39 is 0 Å². The number of rotatable bonds is 4. The summed E-state index contributed by atoms with van der Waals surface area (Å²) in [5.74, 6) is 0.877. The van der Waals surface area contributed by atoms with Gasteiger partial charge in [0.1, 0.15) is 5.01 Å². The number of nitrogens with one attached hydrogen (secondary N) is 1. The highest BCUT2D eigenvalue weighted by atomic mass is 32.1. The van der Waals surface area contributed by atoms with Gasteiger partial charge < -0.3 is 5.32 Å². The molecule has 0 unspecified atom stereocenters. The average molecular weight is 238 g/mol. The van der Waals surface area contributed by atoms with E-state index in [1.165, 1.54) is 43.5 Å². The minimum Gasteiger partial charge on any atom is -0.308 e. The zero-order chi connectivity index (χ0) is 11.2. The molecule has 3 heteroatoms. The fourth-order valence-electron chi connectivity index (χ4n) is 2.57. The Hall–Kier alpha value is -0.410. The lowest BCUT2D eigenvalue weighted by Crippen LogP contribution is -2.32. The first-order chi connectivity index (χ1) is 7.86. The Labute approximate surface area is 102 Å². The molecular weight excluding hydrogens is 216 g/mol. The Balaban J connectivity index is 1.75. The molecule has 16 heavy (non-hydrogen) atoms. The van der Waals surface area contributed by atoms with Crippen LogP contribution < -0.4 is 5.32 Å². The number of nitrogens with zero attached hydrogens (tertiary/aromatic N) is 1. The molecule has 1 aromatic rings. The van der Waals surface area contributed by atoms with Gasteiger partial charge in [0.15, 0.2) is 0 Å². The summed E-state index contributed by atoms with van der Waals surface area (Å²) in [6, 6.07) is 0.641. The highest BCUT2D eigenvalue weighted by Gasteiger charge is 2.18. The van der Waals surface area contributed by atoms with Crippen LogP contribution in [0.2, 0.25) is 0 Å². The standard InChI is InChI=1S/C13H22N2S/c1-11(12-6-4-2-3-5-7-12)15-10-13-14-8-9-16-13/h8-9,11-12,15H,2-7,10H2,1H3/t11-/m1/s1. The van der Waals surface area contributed by atoms with E-state index in [-0.39, 0.29) is 0 Å². The van der Waals surface area contributed by atoms with E-state index in [1.807, 2.05) is 11.6 Å². The van der Waals surface area contributed by atoms with Gasteiger partial charge in [-0.1, -0.05) is 25.7 Å². The van der Waals surface area contributed by atoms with Gasteiger partial charge >= 0.3 is 0 Å². The minimum atomic E-state index is 0.641. The summed E-state index contributed by atoms with van der Waals surface area (Å²) >= 11 is 1.74.